The van der Waals surface area contributed by atoms with Gasteiger partial charge in [-0.1, -0.05) is 41.5 Å². The first-order chi connectivity index (χ1) is 20.8. The van der Waals surface area contributed by atoms with Gasteiger partial charge in [0.2, 0.25) is 5.95 Å². The van der Waals surface area contributed by atoms with Crippen molar-refractivity contribution in [1.29, 1.82) is 10.5 Å². The first-order valence-electron chi connectivity index (χ1n) is 14.7. The first-order valence-corrected chi connectivity index (χ1v) is 15.9. The molecule has 3 aliphatic rings. The Morgan fingerprint density at radius 1 is 1.12 bits per heavy atom. The molecule has 1 aromatic heterocycles. The van der Waals surface area contributed by atoms with Crippen molar-refractivity contribution in [3.63, 3.8) is 0 Å². The van der Waals surface area contributed by atoms with Crippen LogP contribution in [0, 0.1) is 28.6 Å². The van der Waals surface area contributed by atoms with Crippen LogP contribution in [-0.4, -0.2) is 102 Å². The van der Waals surface area contributed by atoms with Crippen LogP contribution >= 0.6 is 35.4 Å². The molecule has 4 heterocycles. The van der Waals surface area contributed by atoms with Gasteiger partial charge in [0.05, 0.1) is 35.5 Å². The summed E-state index contributed by atoms with van der Waals surface area (Å²) in [4.78, 5) is 19.9. The molecule has 0 saturated carbocycles. The molecule has 43 heavy (non-hydrogen) atoms. The summed E-state index contributed by atoms with van der Waals surface area (Å²) in [6.07, 6.45) is 1.39. The number of hydrogen-bond acceptors (Lipinski definition) is 10. The van der Waals surface area contributed by atoms with Gasteiger partial charge in [-0.05, 0) is 24.7 Å². The largest absolute Gasteiger partial charge is 0.374 e. The SMILES string of the molecule is CN1CCOC(CN2CCN(c3nc4c(c(NCc5ccc(Cl)cc5Cl)n3)CN(C(=S)C(CC#N)CC#N)CC4)CC2)C1. The van der Waals surface area contributed by atoms with Gasteiger partial charge in [0.15, 0.2) is 0 Å². The molecule has 0 amide bonds. The van der Waals surface area contributed by atoms with Gasteiger partial charge in [-0.25, -0.2) is 4.98 Å². The zero-order valence-corrected chi connectivity index (χ0v) is 26.8. The number of halogens is 2. The second kappa shape index (κ2) is 14.8. The third kappa shape index (κ3) is 8.04. The number of fused-ring (bicyclic) bond motifs is 1. The van der Waals surface area contributed by atoms with E-state index in [1.807, 2.05) is 12.1 Å². The van der Waals surface area contributed by atoms with Gasteiger partial charge in [0, 0.05) is 106 Å². The van der Waals surface area contributed by atoms with E-state index in [-0.39, 0.29) is 24.9 Å². The van der Waals surface area contributed by atoms with Crippen LogP contribution in [0.4, 0.5) is 11.8 Å². The molecule has 0 radical (unpaired) electrons. The molecule has 0 bridgehead atoms. The Labute approximate surface area is 269 Å². The maximum atomic E-state index is 9.29. The average Bonchev–Trinajstić information content (AvgIpc) is 3.00. The van der Waals surface area contributed by atoms with Gasteiger partial charge in [0.25, 0.3) is 0 Å². The van der Waals surface area contributed by atoms with Crippen LogP contribution in [0.1, 0.15) is 29.7 Å². The molecule has 10 nitrogen and oxygen atoms in total. The van der Waals surface area contributed by atoms with Gasteiger partial charge in [-0.2, -0.15) is 15.5 Å². The molecule has 2 saturated heterocycles. The maximum Gasteiger partial charge on any atom is 0.227 e. The lowest BCUT2D eigenvalue weighted by atomic mass is 9.99. The van der Waals surface area contributed by atoms with E-state index in [1.165, 1.54) is 0 Å². The predicted molar refractivity (Wildman–Crippen MR) is 172 cm³/mol. The fourth-order valence-corrected chi connectivity index (χ4v) is 6.64. The minimum Gasteiger partial charge on any atom is -0.374 e. The number of nitriles is 2. The van der Waals surface area contributed by atoms with Crippen molar-refractivity contribution in [2.45, 2.75) is 38.5 Å². The molecule has 228 valence electrons. The van der Waals surface area contributed by atoms with Crippen LogP contribution in [0.15, 0.2) is 18.2 Å². The standard InChI is InChI=1S/C30H37Cl2N9OS/c1-38-14-15-42-24(18-38)19-39-10-12-40(13-11-39)30-36-27-6-9-41(29(43)21(4-7-33)5-8-34)20-25(27)28(37-30)35-17-22-2-3-23(31)16-26(22)32/h2-3,16,21,24H,4-6,9-15,17-20H2,1H3,(H,35,36,37). The third-order valence-electron chi connectivity index (χ3n) is 8.30. The maximum absolute atomic E-state index is 9.29. The van der Waals surface area contributed by atoms with Gasteiger partial charge in [0.1, 0.15) is 5.82 Å². The number of benzene rings is 1. The number of nitrogens with one attached hydrogen (secondary N) is 1. The van der Waals surface area contributed by atoms with Crippen molar-refractivity contribution in [2.24, 2.45) is 5.92 Å². The van der Waals surface area contributed by atoms with Crippen molar-refractivity contribution >= 4 is 52.2 Å². The zero-order valence-electron chi connectivity index (χ0n) is 24.4. The molecule has 1 unspecified atom stereocenters. The number of likely N-dealkylation sites (N-methyl/N-ethyl adjacent to an activating group) is 1. The van der Waals surface area contributed by atoms with E-state index in [9.17, 15) is 10.5 Å². The van der Waals surface area contributed by atoms with E-state index in [2.05, 4.69) is 44.1 Å². The number of piperazine rings is 1. The van der Waals surface area contributed by atoms with Crippen molar-refractivity contribution in [2.75, 3.05) is 76.2 Å². The molecule has 1 atom stereocenters. The summed E-state index contributed by atoms with van der Waals surface area (Å²) in [6.45, 7) is 8.88. The second-order valence-electron chi connectivity index (χ2n) is 11.4. The number of ether oxygens (including phenoxy) is 1. The first kappa shape index (κ1) is 31.6. The zero-order chi connectivity index (χ0) is 30.3. The highest BCUT2D eigenvalue weighted by Gasteiger charge is 2.30. The van der Waals surface area contributed by atoms with E-state index < -0.39 is 0 Å². The lowest BCUT2D eigenvalue weighted by Gasteiger charge is -2.39. The van der Waals surface area contributed by atoms with E-state index >= 15 is 0 Å². The fourth-order valence-electron chi connectivity index (χ4n) is 5.84. The number of hydrogen-bond donors (Lipinski definition) is 1. The van der Waals surface area contributed by atoms with Crippen molar-refractivity contribution < 1.29 is 4.74 Å². The number of morpholine rings is 1. The van der Waals surface area contributed by atoms with Crippen LogP contribution in [0.3, 0.4) is 0 Å². The topological polar surface area (TPSA) is 108 Å². The minimum absolute atomic E-state index is 0.223. The normalized spacial score (nSPS) is 19.5. The summed E-state index contributed by atoms with van der Waals surface area (Å²) >= 11 is 18.4. The summed E-state index contributed by atoms with van der Waals surface area (Å²) in [5, 5.41) is 23.3. The molecule has 2 fully saturated rings. The van der Waals surface area contributed by atoms with Crippen LogP contribution in [0.25, 0.3) is 0 Å². The smallest absolute Gasteiger partial charge is 0.227 e. The van der Waals surface area contributed by atoms with Gasteiger partial charge >= 0.3 is 0 Å². The van der Waals surface area contributed by atoms with Gasteiger partial charge in [-0.3, -0.25) is 4.90 Å². The molecule has 13 heteroatoms. The number of anilines is 2. The van der Waals surface area contributed by atoms with E-state index in [4.69, 9.17) is 50.1 Å². The van der Waals surface area contributed by atoms with Crippen molar-refractivity contribution in [3.8, 4) is 12.1 Å². The summed E-state index contributed by atoms with van der Waals surface area (Å²) < 4.78 is 5.99. The van der Waals surface area contributed by atoms with Crippen LogP contribution < -0.4 is 10.2 Å². The summed E-state index contributed by atoms with van der Waals surface area (Å²) in [7, 11) is 2.15. The van der Waals surface area contributed by atoms with Crippen LogP contribution in [0.2, 0.25) is 10.0 Å². The lowest BCUT2D eigenvalue weighted by Crippen LogP contribution is -2.52. The molecule has 3 aliphatic heterocycles. The predicted octanol–water partition coefficient (Wildman–Crippen LogP) is 3.98. The molecule has 1 N–H and O–H groups in total. The Morgan fingerprint density at radius 3 is 2.58 bits per heavy atom. The molecule has 1 aromatic carbocycles. The number of aromatic nitrogens is 2. The van der Waals surface area contributed by atoms with Crippen molar-refractivity contribution in [1.82, 2.24) is 24.7 Å². The van der Waals surface area contributed by atoms with Crippen molar-refractivity contribution in [3.05, 3.63) is 45.1 Å². The Bertz CT molecular complexity index is 1370. The Morgan fingerprint density at radius 2 is 1.88 bits per heavy atom. The highest BCUT2D eigenvalue weighted by atomic mass is 35.5. The molecule has 5 rings (SSSR count). The highest BCUT2D eigenvalue weighted by molar-refractivity contribution is 7.80. The molecule has 2 aromatic rings. The van der Waals surface area contributed by atoms with Crippen LogP contribution in [0.5, 0.6) is 0 Å². The Hall–Kier alpha value is -2.77. The highest BCUT2D eigenvalue weighted by Crippen LogP contribution is 2.30. The number of rotatable bonds is 9. The number of thiocarbonyl (C=S) groups is 1. The average molecular weight is 643 g/mol. The molecular weight excluding hydrogens is 605 g/mol. The monoisotopic (exact) mass is 641 g/mol. The molecule has 0 spiro atoms. The van der Waals surface area contributed by atoms with Crippen LogP contribution in [-0.2, 0) is 24.2 Å². The second-order valence-corrected chi connectivity index (χ2v) is 12.6. The fraction of sp³-hybridized carbons (Fsp3) is 0.567. The quantitative estimate of drug-likeness (QED) is 0.402. The van der Waals surface area contributed by atoms with E-state index in [0.29, 0.717) is 41.1 Å². The van der Waals surface area contributed by atoms with E-state index in [1.54, 1.807) is 6.07 Å². The Kier molecular flexibility index (Phi) is 10.9. The molecule has 0 aliphatic carbocycles. The Balaban J connectivity index is 1.33. The van der Waals surface area contributed by atoms with Gasteiger partial charge < -0.3 is 24.8 Å². The van der Waals surface area contributed by atoms with Gasteiger partial charge in [-0.15, -0.1) is 0 Å². The summed E-state index contributed by atoms with van der Waals surface area (Å²) in [5.41, 5.74) is 2.88. The summed E-state index contributed by atoms with van der Waals surface area (Å²) in [6, 6.07) is 9.83. The third-order valence-corrected chi connectivity index (χ3v) is 9.48. The number of nitrogens with zero attached hydrogens (tertiary/aromatic N) is 8. The summed E-state index contributed by atoms with van der Waals surface area (Å²) in [5.74, 6) is 1.20. The minimum atomic E-state index is -0.272. The lowest BCUT2D eigenvalue weighted by molar-refractivity contribution is -0.0361. The van der Waals surface area contributed by atoms with E-state index in [0.717, 1.165) is 81.0 Å². The molecular formula is C30H37Cl2N9OS.